The summed E-state index contributed by atoms with van der Waals surface area (Å²) in [5, 5.41) is 15.1. The molecule has 39 heavy (non-hydrogen) atoms. The molecule has 12 nitrogen and oxygen atoms in total. The normalized spacial score (nSPS) is 14.1. The van der Waals surface area contributed by atoms with Gasteiger partial charge in [-0.2, -0.15) is 0 Å². The largest absolute Gasteiger partial charge is 0.395 e. The van der Waals surface area contributed by atoms with E-state index in [2.05, 4.69) is 15.6 Å². The first kappa shape index (κ1) is 32.8. The number of hydrogen-bond acceptors (Lipinski definition) is 10. The maximum atomic E-state index is 13.8. The first-order valence-corrected chi connectivity index (χ1v) is 13.1. The average molecular weight is 552 g/mol. The van der Waals surface area contributed by atoms with Gasteiger partial charge >= 0.3 is 0 Å². The molecule has 0 unspecified atom stereocenters. The van der Waals surface area contributed by atoms with E-state index < -0.39 is 17.6 Å². The zero-order chi connectivity index (χ0) is 28.9. The maximum Gasteiger partial charge on any atom is 0.282 e. The van der Waals surface area contributed by atoms with Crippen LogP contribution in [-0.2, 0) is 25.5 Å². The number of carbonyl (C=O) groups is 1. The zero-order valence-corrected chi connectivity index (χ0v) is 24.3. The molecule has 0 saturated heterocycles. The highest BCUT2D eigenvalue weighted by Crippen LogP contribution is 2.21. The molecular formula is C27H45N5O7. The van der Waals surface area contributed by atoms with Gasteiger partial charge in [0.25, 0.3) is 11.5 Å². The number of aromatic nitrogens is 2. The summed E-state index contributed by atoms with van der Waals surface area (Å²) in [7, 11) is 6.88. The van der Waals surface area contributed by atoms with Gasteiger partial charge in [-0.1, -0.05) is 6.92 Å². The minimum atomic E-state index is -0.530. The number of nitrogens with one attached hydrogen (secondary N) is 2. The Bertz CT molecular complexity index is 1110. The van der Waals surface area contributed by atoms with Crippen molar-refractivity contribution in [2.45, 2.75) is 39.5 Å². The first-order chi connectivity index (χ1) is 18.6. The Balaban J connectivity index is 2.54. The van der Waals surface area contributed by atoms with Crippen molar-refractivity contribution >= 4 is 16.9 Å². The Morgan fingerprint density at radius 3 is 2.33 bits per heavy atom. The first-order valence-electron chi connectivity index (χ1n) is 13.1. The minimum absolute atomic E-state index is 0.00382. The number of benzene rings is 1. The third-order valence-electron chi connectivity index (χ3n) is 6.59. The molecule has 0 aliphatic rings. The monoisotopic (exact) mass is 551 g/mol. The fourth-order valence-electron chi connectivity index (χ4n) is 4.12. The molecule has 1 aromatic carbocycles. The van der Waals surface area contributed by atoms with Crippen molar-refractivity contribution in [3.8, 4) is 0 Å². The topological polar surface area (TPSA) is 136 Å². The Morgan fingerprint density at radius 2 is 1.72 bits per heavy atom. The summed E-state index contributed by atoms with van der Waals surface area (Å²) in [6.07, 6.45) is -0.891. The van der Waals surface area contributed by atoms with Gasteiger partial charge in [0.05, 0.1) is 36.4 Å². The molecule has 0 aliphatic heterocycles. The number of aliphatic hydroxyl groups excluding tert-OH is 1. The van der Waals surface area contributed by atoms with E-state index >= 15 is 0 Å². The standard InChI is InChI=1S/C27H45N5O7/c1-18-12-21-22(13-19(18)2)32(27(35)25(30-21)26(34)29-8-10-31(4)5)15-24(39-17-37-7)20(3)23(38-16-36-6)14-28-9-11-33/h12-13,20,23-24,28,33H,8-11,14-17H2,1-7H3,(H,29,34)/t20-,23-,24+/m1/s1. The smallest absolute Gasteiger partial charge is 0.282 e. The lowest BCUT2D eigenvalue weighted by atomic mass is 9.97. The molecule has 0 saturated carbocycles. The molecular weight excluding hydrogens is 506 g/mol. The van der Waals surface area contributed by atoms with Crippen LogP contribution in [0.15, 0.2) is 16.9 Å². The summed E-state index contributed by atoms with van der Waals surface area (Å²) in [6, 6.07) is 3.79. The second-order valence-electron chi connectivity index (χ2n) is 9.87. The number of ether oxygens (including phenoxy) is 4. The van der Waals surface area contributed by atoms with Crippen LogP contribution in [0.4, 0.5) is 0 Å². The van der Waals surface area contributed by atoms with E-state index in [1.165, 1.54) is 7.11 Å². The van der Waals surface area contributed by atoms with Gasteiger partial charge in [0.15, 0.2) is 5.69 Å². The third kappa shape index (κ3) is 9.60. The highest BCUT2D eigenvalue weighted by Gasteiger charge is 2.30. The van der Waals surface area contributed by atoms with E-state index in [1.807, 2.05) is 51.9 Å². The summed E-state index contributed by atoms with van der Waals surface area (Å²) >= 11 is 0. The fraction of sp³-hybridized carbons (Fsp3) is 0.667. The summed E-state index contributed by atoms with van der Waals surface area (Å²) in [5.74, 6) is -0.756. The molecule has 2 aromatic rings. The van der Waals surface area contributed by atoms with Crippen LogP contribution in [0.5, 0.6) is 0 Å². The number of aliphatic hydroxyl groups is 1. The van der Waals surface area contributed by atoms with E-state index in [1.54, 1.807) is 11.7 Å². The lowest BCUT2D eigenvalue weighted by Crippen LogP contribution is -2.45. The van der Waals surface area contributed by atoms with Gasteiger partial charge in [-0.15, -0.1) is 0 Å². The number of fused-ring (bicyclic) bond motifs is 1. The average Bonchev–Trinajstić information content (AvgIpc) is 2.90. The highest BCUT2D eigenvalue weighted by molar-refractivity contribution is 5.94. The Kier molecular flexibility index (Phi) is 14.0. The lowest BCUT2D eigenvalue weighted by Gasteiger charge is -2.32. The van der Waals surface area contributed by atoms with E-state index in [4.69, 9.17) is 18.9 Å². The predicted octanol–water partition coefficient (Wildman–Crippen LogP) is 0.501. The summed E-state index contributed by atoms with van der Waals surface area (Å²) in [5.41, 5.74) is 2.49. The van der Waals surface area contributed by atoms with Gasteiger partial charge in [0.2, 0.25) is 0 Å². The summed E-state index contributed by atoms with van der Waals surface area (Å²) < 4.78 is 23.9. The van der Waals surface area contributed by atoms with Crippen molar-refractivity contribution in [3.63, 3.8) is 0 Å². The van der Waals surface area contributed by atoms with Crippen molar-refractivity contribution in [3.05, 3.63) is 39.3 Å². The predicted molar refractivity (Wildman–Crippen MR) is 149 cm³/mol. The van der Waals surface area contributed by atoms with Crippen LogP contribution in [0.2, 0.25) is 0 Å². The molecule has 0 aliphatic carbocycles. The fourth-order valence-corrected chi connectivity index (χ4v) is 4.12. The van der Waals surface area contributed by atoms with Crippen LogP contribution in [0.1, 0.15) is 28.5 Å². The van der Waals surface area contributed by atoms with E-state index in [-0.39, 0.29) is 44.5 Å². The molecule has 1 amide bonds. The molecule has 0 bridgehead atoms. The number of aryl methyl sites for hydroxylation is 2. The molecule has 3 atom stereocenters. The van der Waals surface area contributed by atoms with Gasteiger partial charge in [-0.05, 0) is 51.2 Å². The number of likely N-dealkylation sites (N-methyl/N-ethyl adjacent to an activating group) is 1. The number of methoxy groups -OCH3 is 2. The SMILES string of the molecule is COCO[C@@H](Cn1c(=O)c(C(=O)NCCN(C)C)nc2cc(C)c(C)cc21)[C@H](C)[C@@H](CNCCO)OCOC. The van der Waals surface area contributed by atoms with Gasteiger partial charge in [0, 0.05) is 46.3 Å². The molecule has 220 valence electrons. The van der Waals surface area contributed by atoms with Gasteiger partial charge in [-0.25, -0.2) is 4.98 Å². The summed E-state index contributed by atoms with van der Waals surface area (Å²) in [4.78, 5) is 33.2. The number of carbonyl (C=O) groups excluding carboxylic acids is 1. The molecule has 0 radical (unpaired) electrons. The number of rotatable bonds is 18. The maximum absolute atomic E-state index is 13.8. The van der Waals surface area contributed by atoms with E-state index in [9.17, 15) is 14.7 Å². The Hall–Kier alpha value is -2.45. The van der Waals surface area contributed by atoms with Crippen LogP contribution in [0.3, 0.4) is 0 Å². The van der Waals surface area contributed by atoms with E-state index in [0.717, 1.165) is 11.1 Å². The molecule has 0 fully saturated rings. The van der Waals surface area contributed by atoms with Crippen molar-refractivity contribution in [2.24, 2.45) is 5.92 Å². The number of amides is 1. The van der Waals surface area contributed by atoms with Gasteiger partial charge in [-0.3, -0.25) is 9.59 Å². The van der Waals surface area contributed by atoms with Crippen LogP contribution in [-0.4, -0.2) is 112 Å². The number of hydrogen-bond donors (Lipinski definition) is 3. The van der Waals surface area contributed by atoms with Gasteiger partial charge < -0.3 is 44.2 Å². The van der Waals surface area contributed by atoms with Crippen molar-refractivity contribution < 1.29 is 28.8 Å². The second kappa shape index (κ2) is 16.6. The van der Waals surface area contributed by atoms with Crippen molar-refractivity contribution in [1.82, 2.24) is 25.1 Å². The van der Waals surface area contributed by atoms with Gasteiger partial charge in [0.1, 0.15) is 13.6 Å². The zero-order valence-electron chi connectivity index (χ0n) is 24.3. The number of nitrogens with zero attached hydrogens (tertiary/aromatic N) is 3. The Morgan fingerprint density at radius 1 is 1.08 bits per heavy atom. The van der Waals surface area contributed by atoms with Crippen LogP contribution < -0.4 is 16.2 Å². The highest BCUT2D eigenvalue weighted by atomic mass is 16.7. The van der Waals surface area contributed by atoms with Crippen LogP contribution in [0.25, 0.3) is 11.0 Å². The quantitative estimate of drug-likeness (QED) is 0.177. The lowest BCUT2D eigenvalue weighted by molar-refractivity contribution is -0.141. The molecule has 0 spiro atoms. The van der Waals surface area contributed by atoms with E-state index in [0.29, 0.717) is 37.2 Å². The minimum Gasteiger partial charge on any atom is -0.395 e. The molecule has 2 rings (SSSR count). The second-order valence-corrected chi connectivity index (χ2v) is 9.87. The summed E-state index contributed by atoms with van der Waals surface area (Å²) in [6.45, 7) is 7.94. The molecule has 12 heteroatoms. The van der Waals surface area contributed by atoms with Crippen LogP contribution in [0, 0.1) is 19.8 Å². The van der Waals surface area contributed by atoms with Crippen molar-refractivity contribution in [2.75, 3.05) is 74.7 Å². The third-order valence-corrected chi connectivity index (χ3v) is 6.59. The molecule has 1 heterocycles. The van der Waals surface area contributed by atoms with Crippen molar-refractivity contribution in [1.29, 1.82) is 0 Å². The molecule has 1 aromatic heterocycles. The molecule has 3 N–H and O–H groups in total. The Labute approximate surface area is 230 Å². The van der Waals surface area contributed by atoms with Crippen LogP contribution >= 0.6 is 0 Å².